The predicted octanol–water partition coefficient (Wildman–Crippen LogP) is 0.352. The van der Waals surface area contributed by atoms with Gasteiger partial charge in [-0.25, -0.2) is 0 Å². The number of aryl methyl sites for hydroxylation is 1. The Balaban J connectivity index is 1.97. The van der Waals surface area contributed by atoms with Gasteiger partial charge in [-0.05, 0) is 13.3 Å². The number of Topliss-reactive ketones (excluding diaryl/α,β-unsaturated/α-hetero) is 1. The Morgan fingerprint density at radius 2 is 2.53 bits per heavy atom. The number of ether oxygens (including phenoxy) is 1. The minimum absolute atomic E-state index is 0.0343. The van der Waals surface area contributed by atoms with Gasteiger partial charge in [-0.2, -0.15) is 15.0 Å². The molecule has 1 aliphatic heterocycles. The van der Waals surface area contributed by atoms with Gasteiger partial charge in [0.1, 0.15) is 5.78 Å². The monoisotopic (exact) mass is 209 g/mol. The fraction of sp³-hybridized carbons (Fsp3) is 0.700. The molecule has 2 atom stereocenters. The second-order valence-electron chi connectivity index (χ2n) is 3.94. The van der Waals surface area contributed by atoms with Crippen LogP contribution in [0.5, 0.6) is 0 Å². The third-order valence-corrected chi connectivity index (χ3v) is 2.79. The lowest BCUT2D eigenvalue weighted by Gasteiger charge is -2.11. The molecule has 0 amide bonds. The van der Waals surface area contributed by atoms with Gasteiger partial charge in [0, 0.05) is 19.6 Å². The van der Waals surface area contributed by atoms with Crippen LogP contribution in [0, 0.1) is 5.92 Å². The molecule has 0 bridgehead atoms. The van der Waals surface area contributed by atoms with Gasteiger partial charge in [-0.3, -0.25) is 4.79 Å². The number of rotatable bonds is 3. The summed E-state index contributed by atoms with van der Waals surface area (Å²) in [4.78, 5) is 13.3. The fourth-order valence-corrected chi connectivity index (χ4v) is 1.93. The zero-order chi connectivity index (χ0) is 10.8. The van der Waals surface area contributed by atoms with E-state index in [9.17, 15) is 4.79 Å². The van der Waals surface area contributed by atoms with E-state index in [2.05, 4.69) is 10.2 Å². The van der Waals surface area contributed by atoms with Crippen molar-refractivity contribution in [3.05, 3.63) is 11.9 Å². The fourth-order valence-electron chi connectivity index (χ4n) is 1.93. The third kappa shape index (κ3) is 2.23. The maximum Gasteiger partial charge on any atom is 0.144 e. The Kier molecular flexibility index (Phi) is 2.81. The van der Waals surface area contributed by atoms with Crippen LogP contribution >= 0.6 is 0 Å². The maximum atomic E-state index is 11.9. The van der Waals surface area contributed by atoms with Crippen molar-refractivity contribution in [3.63, 3.8) is 0 Å². The summed E-state index contributed by atoms with van der Waals surface area (Å²) in [5.41, 5.74) is 0.738. The molecule has 2 rings (SSSR count). The molecule has 1 saturated heterocycles. The van der Waals surface area contributed by atoms with E-state index >= 15 is 0 Å². The minimum Gasteiger partial charge on any atom is -0.378 e. The summed E-state index contributed by atoms with van der Waals surface area (Å²) in [5.74, 6) is 0.243. The van der Waals surface area contributed by atoms with Crippen molar-refractivity contribution in [2.75, 3.05) is 6.61 Å². The molecule has 5 nitrogen and oxygen atoms in total. The normalized spacial score (nSPS) is 25.7. The summed E-state index contributed by atoms with van der Waals surface area (Å²) >= 11 is 0. The van der Waals surface area contributed by atoms with Crippen LogP contribution in [-0.2, 0) is 23.0 Å². The van der Waals surface area contributed by atoms with E-state index in [1.54, 1.807) is 13.2 Å². The highest BCUT2D eigenvalue weighted by Gasteiger charge is 2.30. The van der Waals surface area contributed by atoms with Crippen LogP contribution in [0.25, 0.3) is 0 Å². The van der Waals surface area contributed by atoms with Gasteiger partial charge in [0.25, 0.3) is 0 Å². The van der Waals surface area contributed by atoms with Gasteiger partial charge in [0.05, 0.1) is 24.4 Å². The summed E-state index contributed by atoms with van der Waals surface area (Å²) in [6.07, 6.45) is 2.89. The van der Waals surface area contributed by atoms with Gasteiger partial charge in [0.15, 0.2) is 0 Å². The molecule has 0 radical (unpaired) electrons. The quantitative estimate of drug-likeness (QED) is 0.721. The summed E-state index contributed by atoms with van der Waals surface area (Å²) in [5, 5.41) is 8.03. The van der Waals surface area contributed by atoms with Crippen LogP contribution in [0.4, 0.5) is 0 Å². The van der Waals surface area contributed by atoms with Crippen LogP contribution in [-0.4, -0.2) is 33.5 Å². The van der Waals surface area contributed by atoms with E-state index in [4.69, 9.17) is 4.74 Å². The van der Waals surface area contributed by atoms with Crippen LogP contribution in [0.1, 0.15) is 19.0 Å². The molecule has 0 saturated carbocycles. The number of carbonyl (C=O) groups excluding carboxylic acids is 1. The van der Waals surface area contributed by atoms with Gasteiger partial charge in [0.2, 0.25) is 0 Å². The van der Waals surface area contributed by atoms with E-state index in [1.807, 2.05) is 6.92 Å². The van der Waals surface area contributed by atoms with E-state index < -0.39 is 0 Å². The Labute approximate surface area is 88.4 Å². The molecule has 5 heteroatoms. The van der Waals surface area contributed by atoms with Crippen molar-refractivity contribution < 1.29 is 9.53 Å². The molecule has 0 aliphatic carbocycles. The molecule has 1 fully saturated rings. The molecular weight excluding hydrogens is 194 g/mol. The van der Waals surface area contributed by atoms with E-state index in [1.165, 1.54) is 4.80 Å². The van der Waals surface area contributed by atoms with Crippen LogP contribution < -0.4 is 0 Å². The lowest BCUT2D eigenvalue weighted by Crippen LogP contribution is -2.23. The Morgan fingerprint density at radius 3 is 3.07 bits per heavy atom. The Hall–Kier alpha value is -1.23. The zero-order valence-electron chi connectivity index (χ0n) is 9.01. The highest BCUT2D eigenvalue weighted by molar-refractivity contribution is 5.83. The van der Waals surface area contributed by atoms with Crippen LogP contribution in [0.2, 0.25) is 0 Å². The molecule has 0 N–H and O–H groups in total. The molecule has 82 valence electrons. The van der Waals surface area contributed by atoms with Crippen LogP contribution in [0.3, 0.4) is 0 Å². The number of nitrogens with zero attached hydrogens (tertiary/aromatic N) is 3. The first kappa shape index (κ1) is 10.3. The number of carbonyl (C=O) groups is 1. The SMILES string of the molecule is CC1OCCC1C(=O)Cc1cnn(C)n1. The van der Waals surface area contributed by atoms with Crippen molar-refractivity contribution >= 4 is 5.78 Å². The van der Waals surface area contributed by atoms with E-state index in [0.717, 1.165) is 12.1 Å². The molecule has 1 aliphatic rings. The maximum absolute atomic E-state index is 11.9. The second kappa shape index (κ2) is 4.10. The highest BCUT2D eigenvalue weighted by atomic mass is 16.5. The van der Waals surface area contributed by atoms with Gasteiger partial charge >= 0.3 is 0 Å². The summed E-state index contributed by atoms with van der Waals surface area (Å²) in [6.45, 7) is 2.64. The first-order valence-electron chi connectivity index (χ1n) is 5.16. The van der Waals surface area contributed by atoms with Gasteiger partial charge in [-0.15, -0.1) is 0 Å². The van der Waals surface area contributed by atoms with Gasteiger partial charge in [-0.1, -0.05) is 0 Å². The third-order valence-electron chi connectivity index (χ3n) is 2.79. The number of ketones is 1. The Morgan fingerprint density at radius 1 is 1.73 bits per heavy atom. The number of hydrogen-bond acceptors (Lipinski definition) is 4. The lowest BCUT2D eigenvalue weighted by atomic mass is 9.95. The molecule has 15 heavy (non-hydrogen) atoms. The van der Waals surface area contributed by atoms with Crippen molar-refractivity contribution in [3.8, 4) is 0 Å². The Bertz CT molecular complexity index is 361. The smallest absolute Gasteiger partial charge is 0.144 e. The molecule has 1 aromatic rings. The lowest BCUT2D eigenvalue weighted by molar-refractivity contribution is -0.123. The molecule has 2 heterocycles. The molecule has 0 spiro atoms. The van der Waals surface area contributed by atoms with Crippen molar-refractivity contribution in [2.45, 2.75) is 25.9 Å². The number of aromatic nitrogens is 3. The molecular formula is C10H15N3O2. The van der Waals surface area contributed by atoms with Crippen molar-refractivity contribution in [2.24, 2.45) is 13.0 Å². The predicted molar refractivity (Wildman–Crippen MR) is 53.2 cm³/mol. The highest BCUT2D eigenvalue weighted by Crippen LogP contribution is 2.22. The average Bonchev–Trinajstić information content (AvgIpc) is 2.75. The molecule has 0 aromatic carbocycles. The standard InChI is InChI=1S/C10H15N3O2/c1-7-9(3-4-15-7)10(14)5-8-6-11-13(2)12-8/h6-7,9H,3-5H2,1-2H3. The summed E-state index contributed by atoms with van der Waals surface area (Å²) in [6, 6.07) is 0. The van der Waals surface area contributed by atoms with Crippen molar-refractivity contribution in [1.82, 2.24) is 15.0 Å². The largest absolute Gasteiger partial charge is 0.378 e. The first-order chi connectivity index (χ1) is 7.16. The minimum atomic E-state index is 0.0343. The molecule has 1 aromatic heterocycles. The molecule has 2 unspecified atom stereocenters. The van der Waals surface area contributed by atoms with Crippen molar-refractivity contribution in [1.29, 1.82) is 0 Å². The summed E-state index contributed by atoms with van der Waals surface area (Å²) in [7, 11) is 1.75. The number of hydrogen-bond donors (Lipinski definition) is 0. The van der Waals surface area contributed by atoms with Gasteiger partial charge < -0.3 is 4.74 Å². The topological polar surface area (TPSA) is 57.0 Å². The van der Waals surface area contributed by atoms with Crippen LogP contribution in [0.15, 0.2) is 6.20 Å². The zero-order valence-corrected chi connectivity index (χ0v) is 9.01. The second-order valence-corrected chi connectivity index (χ2v) is 3.94. The van der Waals surface area contributed by atoms with E-state index in [0.29, 0.717) is 13.0 Å². The first-order valence-corrected chi connectivity index (χ1v) is 5.16. The summed E-state index contributed by atoms with van der Waals surface area (Å²) < 4.78 is 5.37. The average molecular weight is 209 g/mol. The van der Waals surface area contributed by atoms with E-state index in [-0.39, 0.29) is 17.8 Å².